The van der Waals surface area contributed by atoms with Gasteiger partial charge in [0.25, 0.3) is 0 Å². The molecule has 1 atom stereocenters. The molecule has 94 valence electrons. The van der Waals surface area contributed by atoms with E-state index < -0.39 is 0 Å². The SMILES string of the molecule is COc1cncc(-c2ccc(CC(C)N)cc2)c1. The Morgan fingerprint density at radius 2 is 1.89 bits per heavy atom. The zero-order chi connectivity index (χ0) is 13.0. The van der Waals surface area contributed by atoms with Crippen molar-refractivity contribution in [3.8, 4) is 16.9 Å². The zero-order valence-corrected chi connectivity index (χ0v) is 10.8. The first-order valence-corrected chi connectivity index (χ1v) is 6.03. The maximum atomic E-state index is 5.78. The lowest BCUT2D eigenvalue weighted by Gasteiger charge is -2.07. The predicted molar refractivity (Wildman–Crippen MR) is 73.6 cm³/mol. The molecule has 0 aliphatic heterocycles. The minimum absolute atomic E-state index is 0.189. The van der Waals surface area contributed by atoms with Crippen LogP contribution in [0, 0.1) is 0 Å². The third-order valence-corrected chi connectivity index (χ3v) is 2.79. The summed E-state index contributed by atoms with van der Waals surface area (Å²) in [6, 6.07) is 10.6. The smallest absolute Gasteiger partial charge is 0.137 e. The van der Waals surface area contributed by atoms with Gasteiger partial charge in [-0.1, -0.05) is 24.3 Å². The van der Waals surface area contributed by atoms with Crippen molar-refractivity contribution in [2.45, 2.75) is 19.4 Å². The Morgan fingerprint density at radius 1 is 1.17 bits per heavy atom. The van der Waals surface area contributed by atoms with Crippen LogP contribution in [0.4, 0.5) is 0 Å². The molecule has 0 aliphatic rings. The molecule has 0 spiro atoms. The molecule has 2 N–H and O–H groups in total. The van der Waals surface area contributed by atoms with E-state index in [0.717, 1.165) is 23.3 Å². The number of nitrogens with two attached hydrogens (primary N) is 1. The second kappa shape index (κ2) is 5.65. The van der Waals surface area contributed by atoms with Crippen molar-refractivity contribution in [1.29, 1.82) is 0 Å². The topological polar surface area (TPSA) is 48.1 Å². The van der Waals surface area contributed by atoms with E-state index in [4.69, 9.17) is 10.5 Å². The van der Waals surface area contributed by atoms with Crippen LogP contribution in [0.5, 0.6) is 5.75 Å². The van der Waals surface area contributed by atoms with Crippen molar-refractivity contribution in [2.24, 2.45) is 5.73 Å². The summed E-state index contributed by atoms with van der Waals surface area (Å²) in [5.41, 5.74) is 9.23. The van der Waals surface area contributed by atoms with Crippen LogP contribution in [0.2, 0.25) is 0 Å². The molecule has 0 fully saturated rings. The van der Waals surface area contributed by atoms with Gasteiger partial charge in [0.2, 0.25) is 0 Å². The summed E-state index contributed by atoms with van der Waals surface area (Å²) in [4.78, 5) is 4.16. The number of rotatable bonds is 4. The highest BCUT2D eigenvalue weighted by atomic mass is 16.5. The third kappa shape index (κ3) is 3.08. The Labute approximate surface area is 108 Å². The monoisotopic (exact) mass is 242 g/mol. The molecule has 1 heterocycles. The van der Waals surface area contributed by atoms with E-state index in [2.05, 4.69) is 29.2 Å². The lowest BCUT2D eigenvalue weighted by Crippen LogP contribution is -2.17. The van der Waals surface area contributed by atoms with E-state index in [-0.39, 0.29) is 6.04 Å². The summed E-state index contributed by atoms with van der Waals surface area (Å²) in [5, 5.41) is 0. The maximum Gasteiger partial charge on any atom is 0.137 e. The lowest BCUT2D eigenvalue weighted by molar-refractivity contribution is 0.413. The fourth-order valence-corrected chi connectivity index (χ4v) is 1.89. The number of nitrogens with zero attached hydrogens (tertiary/aromatic N) is 1. The van der Waals surface area contributed by atoms with Crippen molar-refractivity contribution in [1.82, 2.24) is 4.98 Å². The average molecular weight is 242 g/mol. The average Bonchev–Trinajstić information content (AvgIpc) is 2.39. The molecule has 1 aromatic carbocycles. The summed E-state index contributed by atoms with van der Waals surface area (Å²) >= 11 is 0. The summed E-state index contributed by atoms with van der Waals surface area (Å²) in [6.07, 6.45) is 4.44. The van der Waals surface area contributed by atoms with Crippen LogP contribution >= 0.6 is 0 Å². The van der Waals surface area contributed by atoms with Gasteiger partial charge >= 0.3 is 0 Å². The van der Waals surface area contributed by atoms with Gasteiger partial charge in [0.1, 0.15) is 5.75 Å². The van der Waals surface area contributed by atoms with Crippen LogP contribution in [-0.4, -0.2) is 18.1 Å². The summed E-state index contributed by atoms with van der Waals surface area (Å²) < 4.78 is 5.17. The zero-order valence-electron chi connectivity index (χ0n) is 10.8. The van der Waals surface area contributed by atoms with Gasteiger partial charge in [0.05, 0.1) is 13.3 Å². The number of hydrogen-bond donors (Lipinski definition) is 1. The molecule has 0 radical (unpaired) electrons. The number of aromatic nitrogens is 1. The highest BCUT2D eigenvalue weighted by molar-refractivity contribution is 5.64. The molecule has 0 amide bonds. The first-order chi connectivity index (χ1) is 8.69. The van der Waals surface area contributed by atoms with Gasteiger partial charge in [0.15, 0.2) is 0 Å². The van der Waals surface area contributed by atoms with E-state index in [9.17, 15) is 0 Å². The van der Waals surface area contributed by atoms with E-state index in [0.29, 0.717) is 0 Å². The Kier molecular flexibility index (Phi) is 3.95. The van der Waals surface area contributed by atoms with E-state index in [1.54, 1.807) is 13.3 Å². The Hall–Kier alpha value is -1.87. The second-order valence-electron chi connectivity index (χ2n) is 4.49. The van der Waals surface area contributed by atoms with Crippen LogP contribution in [-0.2, 0) is 6.42 Å². The number of methoxy groups -OCH3 is 1. The highest BCUT2D eigenvalue weighted by Gasteiger charge is 2.02. The van der Waals surface area contributed by atoms with E-state index in [1.165, 1.54) is 5.56 Å². The molecule has 3 nitrogen and oxygen atoms in total. The molecule has 18 heavy (non-hydrogen) atoms. The second-order valence-corrected chi connectivity index (χ2v) is 4.49. The van der Waals surface area contributed by atoms with Crippen LogP contribution < -0.4 is 10.5 Å². The molecule has 0 bridgehead atoms. The normalized spacial score (nSPS) is 12.2. The fourth-order valence-electron chi connectivity index (χ4n) is 1.89. The molecule has 1 aromatic heterocycles. The van der Waals surface area contributed by atoms with Crippen LogP contribution in [0.15, 0.2) is 42.7 Å². The molecular weight excluding hydrogens is 224 g/mol. The first-order valence-electron chi connectivity index (χ1n) is 6.03. The molecule has 2 rings (SSSR count). The number of hydrogen-bond acceptors (Lipinski definition) is 3. The van der Waals surface area contributed by atoms with Gasteiger partial charge in [-0.15, -0.1) is 0 Å². The fraction of sp³-hybridized carbons (Fsp3) is 0.267. The van der Waals surface area contributed by atoms with Crippen LogP contribution in [0.25, 0.3) is 11.1 Å². The van der Waals surface area contributed by atoms with Crippen molar-refractivity contribution in [3.05, 3.63) is 48.3 Å². The van der Waals surface area contributed by atoms with Gasteiger partial charge < -0.3 is 10.5 Å². The number of ether oxygens (including phenoxy) is 1. The standard InChI is InChI=1S/C15H18N2O/c1-11(16)7-12-3-5-13(6-4-12)14-8-15(18-2)10-17-9-14/h3-6,8-11H,7,16H2,1-2H3. The van der Waals surface area contributed by atoms with Crippen LogP contribution in [0.3, 0.4) is 0 Å². The maximum absolute atomic E-state index is 5.78. The molecular formula is C15H18N2O. The van der Waals surface area contributed by atoms with Gasteiger partial charge in [-0.3, -0.25) is 4.98 Å². The minimum atomic E-state index is 0.189. The van der Waals surface area contributed by atoms with Crippen molar-refractivity contribution >= 4 is 0 Å². The van der Waals surface area contributed by atoms with Crippen molar-refractivity contribution in [3.63, 3.8) is 0 Å². The molecule has 0 aliphatic carbocycles. The summed E-state index contributed by atoms with van der Waals surface area (Å²) in [6.45, 7) is 2.01. The van der Waals surface area contributed by atoms with Gasteiger partial charge in [-0.25, -0.2) is 0 Å². The van der Waals surface area contributed by atoms with Crippen molar-refractivity contribution in [2.75, 3.05) is 7.11 Å². The molecule has 3 heteroatoms. The van der Waals surface area contributed by atoms with Gasteiger partial charge in [0, 0.05) is 17.8 Å². The molecule has 0 saturated heterocycles. The van der Waals surface area contributed by atoms with E-state index in [1.807, 2.05) is 19.2 Å². The Morgan fingerprint density at radius 3 is 2.50 bits per heavy atom. The molecule has 1 unspecified atom stereocenters. The van der Waals surface area contributed by atoms with Gasteiger partial charge in [-0.05, 0) is 30.5 Å². The van der Waals surface area contributed by atoms with Crippen LogP contribution in [0.1, 0.15) is 12.5 Å². The van der Waals surface area contributed by atoms with E-state index >= 15 is 0 Å². The first kappa shape index (κ1) is 12.6. The third-order valence-electron chi connectivity index (χ3n) is 2.79. The Bertz CT molecular complexity index is 506. The lowest BCUT2D eigenvalue weighted by atomic mass is 10.0. The summed E-state index contributed by atoms with van der Waals surface area (Å²) in [7, 11) is 1.65. The predicted octanol–water partition coefficient (Wildman–Crippen LogP) is 2.65. The quantitative estimate of drug-likeness (QED) is 0.896. The molecule has 0 saturated carbocycles. The largest absolute Gasteiger partial charge is 0.495 e. The molecule has 2 aromatic rings. The van der Waals surface area contributed by atoms with Crippen molar-refractivity contribution < 1.29 is 4.74 Å². The summed E-state index contributed by atoms with van der Waals surface area (Å²) in [5.74, 6) is 0.771. The number of pyridine rings is 1. The highest BCUT2D eigenvalue weighted by Crippen LogP contribution is 2.22. The Balaban J connectivity index is 2.22. The number of benzene rings is 1. The minimum Gasteiger partial charge on any atom is -0.495 e. The van der Waals surface area contributed by atoms with Gasteiger partial charge in [-0.2, -0.15) is 0 Å².